The van der Waals surface area contributed by atoms with Crippen molar-refractivity contribution in [3.63, 3.8) is 0 Å². The van der Waals surface area contributed by atoms with Gasteiger partial charge in [-0.2, -0.15) is 0 Å². The second-order valence-electron chi connectivity index (χ2n) is 43.6. The number of hydrogen-bond donors (Lipinski definition) is 2. The maximum Gasteiger partial charge on any atom is 0.310 e. The largest absolute Gasteiger partial charge is 0.465 e. The first kappa shape index (κ1) is 101. The van der Waals surface area contributed by atoms with Crippen LogP contribution in [0.3, 0.4) is 0 Å². The third-order valence-electron chi connectivity index (χ3n) is 25.1. The number of piperidine rings is 4. The molecule has 8 aliphatic heterocycles. The molecule has 8 saturated heterocycles. The third-order valence-corrected chi connectivity index (χ3v) is 25.1. The van der Waals surface area contributed by atoms with Crippen LogP contribution in [0.4, 0.5) is 0 Å². The van der Waals surface area contributed by atoms with Gasteiger partial charge in [0.1, 0.15) is 49.2 Å². The van der Waals surface area contributed by atoms with Crippen LogP contribution < -0.4 is 10.6 Å². The normalized spacial score (nSPS) is 28.7. The highest BCUT2D eigenvalue weighted by molar-refractivity contribution is 5.91. The third kappa shape index (κ3) is 27.8. The molecule has 0 aromatic carbocycles. The molecule has 28 heteroatoms. The molecular formula is C89H156N4O24. The van der Waals surface area contributed by atoms with Gasteiger partial charge in [0.25, 0.3) is 0 Å². The lowest BCUT2D eigenvalue weighted by molar-refractivity contribution is -0.337. The fraction of sp³-hybridized carbons (Fsp3) is 0.910. The van der Waals surface area contributed by atoms with Gasteiger partial charge in [-0.15, -0.1) is 0 Å². The number of carbonyl (C=O) groups excluding carboxylic acids is 8. The van der Waals surface area contributed by atoms with Crippen molar-refractivity contribution in [3.05, 3.63) is 0 Å². The fourth-order valence-electron chi connectivity index (χ4n) is 19.1. The van der Waals surface area contributed by atoms with Gasteiger partial charge in [-0.25, -0.2) is 0 Å². The van der Waals surface area contributed by atoms with Crippen LogP contribution in [0.15, 0.2) is 0 Å². The van der Waals surface area contributed by atoms with E-state index < -0.39 is 144 Å². The van der Waals surface area contributed by atoms with Crippen molar-refractivity contribution in [2.24, 2.45) is 56.2 Å². The molecule has 8 fully saturated rings. The summed E-state index contributed by atoms with van der Waals surface area (Å²) in [5.74, 6) is -10.0. The molecule has 676 valence electrons. The summed E-state index contributed by atoms with van der Waals surface area (Å²) in [6.45, 7) is 55.1. The molecule has 0 amide bonds. The van der Waals surface area contributed by atoms with Gasteiger partial charge >= 0.3 is 35.8 Å². The minimum atomic E-state index is -1.31. The molecule has 0 bridgehead atoms. The van der Waals surface area contributed by atoms with Gasteiger partial charge in [0, 0.05) is 144 Å². The molecule has 4 unspecified atom stereocenters. The first-order chi connectivity index (χ1) is 53.0. The average molecular weight is 1670 g/mol. The molecule has 117 heavy (non-hydrogen) atoms. The number of esters is 6. The monoisotopic (exact) mass is 1670 g/mol. The summed E-state index contributed by atoms with van der Waals surface area (Å²) in [5.41, 5.74) is -5.62. The topological polar surface area (TPSA) is 315 Å². The zero-order chi connectivity index (χ0) is 87.4. The molecule has 8 heterocycles. The number of Topliss-reactive ketones (excluding diaryl/α,β-unsaturated/α-hetero) is 2. The molecule has 0 radical (unpaired) electrons. The minimum Gasteiger partial charge on any atom is -0.465 e. The van der Waals surface area contributed by atoms with E-state index in [0.29, 0.717) is 117 Å². The van der Waals surface area contributed by atoms with Crippen molar-refractivity contribution in [1.29, 1.82) is 0 Å². The number of ketones is 2. The van der Waals surface area contributed by atoms with Gasteiger partial charge in [-0.3, -0.25) is 38.6 Å². The van der Waals surface area contributed by atoms with E-state index in [1.165, 1.54) is 13.8 Å². The lowest BCUT2D eigenvalue weighted by Crippen LogP contribution is -2.60. The van der Waals surface area contributed by atoms with Crippen molar-refractivity contribution in [3.8, 4) is 0 Å². The maximum atomic E-state index is 14.4. The Bertz CT molecular complexity index is 3270. The predicted octanol–water partition coefficient (Wildman–Crippen LogP) is 11.9. The van der Waals surface area contributed by atoms with Crippen molar-refractivity contribution >= 4 is 47.4 Å². The van der Waals surface area contributed by atoms with Crippen LogP contribution in [0.25, 0.3) is 0 Å². The first-order valence-electron chi connectivity index (χ1n) is 42.1. The average Bonchev–Trinajstić information content (AvgIpc) is 0.772. The zero-order valence-electron chi connectivity index (χ0n) is 76.6. The summed E-state index contributed by atoms with van der Waals surface area (Å²) in [4.78, 5) is 115. The molecule has 2 N–H and O–H groups in total. The minimum absolute atomic E-state index is 0. The Morgan fingerprint density at radius 2 is 0.538 bits per heavy atom. The van der Waals surface area contributed by atoms with E-state index in [1.54, 1.807) is 14.2 Å². The molecular weight excluding hydrogens is 1510 g/mol. The van der Waals surface area contributed by atoms with Crippen LogP contribution in [0, 0.1) is 56.2 Å². The lowest BCUT2D eigenvalue weighted by atomic mass is 9.78. The molecule has 0 aromatic rings. The van der Waals surface area contributed by atoms with Gasteiger partial charge in [0.2, 0.25) is 0 Å². The summed E-state index contributed by atoms with van der Waals surface area (Å²) in [6.07, 6.45) is -1.26. The van der Waals surface area contributed by atoms with Gasteiger partial charge in [-0.1, -0.05) is 62.8 Å². The Hall–Kier alpha value is -4.40. The second-order valence-corrected chi connectivity index (χ2v) is 43.6. The summed E-state index contributed by atoms with van der Waals surface area (Å²) < 4.78 is 96.3. The van der Waals surface area contributed by atoms with Gasteiger partial charge in [-0.05, 0) is 139 Å². The van der Waals surface area contributed by atoms with Crippen molar-refractivity contribution in [1.82, 2.24) is 20.4 Å². The summed E-state index contributed by atoms with van der Waals surface area (Å²) in [5, 5.41) is 7.16. The van der Waals surface area contributed by atoms with Gasteiger partial charge in [0.15, 0.2) is 25.2 Å². The number of methoxy groups -OCH3 is 2. The van der Waals surface area contributed by atoms with Crippen molar-refractivity contribution in [2.45, 2.75) is 358 Å². The van der Waals surface area contributed by atoms with Crippen LogP contribution in [0.2, 0.25) is 0 Å². The summed E-state index contributed by atoms with van der Waals surface area (Å²) in [6, 6.07) is 0. The van der Waals surface area contributed by atoms with E-state index in [2.05, 4.69) is 89.9 Å². The first-order valence-corrected chi connectivity index (χ1v) is 42.1. The number of hydrogen-bond acceptors (Lipinski definition) is 28. The number of rotatable bonds is 30. The van der Waals surface area contributed by atoms with E-state index >= 15 is 0 Å². The summed E-state index contributed by atoms with van der Waals surface area (Å²) in [7, 11) is 7.42. The maximum absolute atomic E-state index is 14.4. The van der Waals surface area contributed by atoms with Crippen LogP contribution in [0.5, 0.6) is 0 Å². The Kier molecular flexibility index (Phi) is 33.6. The van der Waals surface area contributed by atoms with Crippen molar-refractivity contribution in [2.75, 3.05) is 108 Å². The smallest absolute Gasteiger partial charge is 0.310 e. The molecule has 8 aliphatic rings. The van der Waals surface area contributed by atoms with Crippen LogP contribution in [0.1, 0.15) is 264 Å². The van der Waals surface area contributed by atoms with E-state index in [-0.39, 0.29) is 100 Å². The van der Waals surface area contributed by atoms with Gasteiger partial charge in [0.05, 0.1) is 113 Å². The number of nitrogens with one attached hydrogen (secondary N) is 2. The number of likely N-dealkylation sites (tertiary alicyclic amines) is 2. The van der Waals surface area contributed by atoms with Crippen LogP contribution >= 0.6 is 0 Å². The van der Waals surface area contributed by atoms with Crippen molar-refractivity contribution < 1.29 is 114 Å². The highest BCUT2D eigenvalue weighted by atomic mass is 16.7. The SMILES string of the molecule is C.COCC(C)(C)C1OCC2(CO1)COC(C(C)(C)COC(=O)CC(C(=O)OC1CC(C)(C)N(C)C(C)(C)C1)C(CC(C)=O)C(=O)OC1CC(C)(C)N(C)C(C)(C)C1)OC2.COCC(C)(C)C1OCC2(CO1)COC(C(C)(C)COC(=O)CC(C(=O)OC1CC(C)(C)NC(C)(C)C1)C(CC(C)=O)C(=O)OC1CC(C)(C)NC(C)(C)C1)OC2. The Balaban J connectivity index is 0.000000361. The second kappa shape index (κ2) is 38.8. The molecule has 4 atom stereocenters. The molecule has 0 aromatic heterocycles. The molecule has 0 saturated carbocycles. The molecule has 0 aliphatic carbocycles. The highest BCUT2D eigenvalue weighted by Crippen LogP contribution is 2.46. The Morgan fingerprint density at radius 1 is 0.342 bits per heavy atom. The Labute approximate surface area is 701 Å². The quantitative estimate of drug-likeness (QED) is 0.0498. The molecule has 8 rings (SSSR count). The lowest BCUT2D eigenvalue weighted by Gasteiger charge is -2.53. The number of carbonyl (C=O) groups is 8. The van der Waals surface area contributed by atoms with Gasteiger partial charge < -0.3 is 96.0 Å². The van der Waals surface area contributed by atoms with E-state index in [1.807, 2.05) is 111 Å². The van der Waals surface area contributed by atoms with E-state index in [9.17, 15) is 38.4 Å². The zero-order valence-corrected chi connectivity index (χ0v) is 76.6. The number of ether oxygens (including phenoxy) is 16. The van der Waals surface area contributed by atoms with Crippen LogP contribution in [-0.2, 0) is 114 Å². The highest BCUT2D eigenvalue weighted by Gasteiger charge is 2.55. The van der Waals surface area contributed by atoms with E-state index in [4.69, 9.17) is 75.8 Å². The molecule has 2 spiro atoms. The molecule has 28 nitrogen and oxygen atoms in total. The standard InChI is InChI=1S/C45H78N2O12.C43H74N2O12.CH4/c1-29(48)17-32(35(50)58-30-19-41(6,7)46(14)42(8,9)20-30)33(36(51)59-31-21-43(10,11)47(15)44(12,13)22-31)18-34(49)53-24-40(4,5)38-56-27-45(28-57-38)25-54-37(55-26-45)39(2,3)23-52-16;1-27(46)15-30(33(48)56-28-17-39(6,7)44-40(8,9)18-28)31(34(49)57-29-19-41(10,11)45-42(12,13)20-29)16-32(47)51-22-38(4,5)36-54-25-43(26-55-36)23-52-35(53-24-43)37(2,3)21-50-14;/h30-33,37-38H,17-28H2,1-16H3;28-31,35-36,44-45H,15-26H2,1-14H3;1H4. The predicted molar refractivity (Wildman–Crippen MR) is 440 cm³/mol. The Morgan fingerprint density at radius 3 is 0.744 bits per heavy atom. The van der Waals surface area contributed by atoms with E-state index in [0.717, 1.165) is 0 Å². The number of nitrogens with zero attached hydrogens (tertiary/aromatic N) is 2. The fourth-order valence-corrected chi connectivity index (χ4v) is 19.1. The summed E-state index contributed by atoms with van der Waals surface area (Å²) >= 11 is 0. The van der Waals surface area contributed by atoms with Crippen LogP contribution in [-0.4, -0.2) is 259 Å².